The zero-order valence-corrected chi connectivity index (χ0v) is 39.8. The van der Waals surface area contributed by atoms with Crippen molar-refractivity contribution in [2.45, 2.75) is 39.2 Å². The van der Waals surface area contributed by atoms with Crippen molar-refractivity contribution in [3.63, 3.8) is 0 Å². The lowest BCUT2D eigenvalue weighted by Gasteiger charge is -2.35. The third-order valence-electron chi connectivity index (χ3n) is 11.2. The highest BCUT2D eigenvalue weighted by molar-refractivity contribution is 7.17. The van der Waals surface area contributed by atoms with E-state index in [0.29, 0.717) is 111 Å². The van der Waals surface area contributed by atoms with Gasteiger partial charge in [-0.3, -0.25) is 39.1 Å². The van der Waals surface area contributed by atoms with Crippen molar-refractivity contribution in [3.05, 3.63) is 81.1 Å². The SMILES string of the molecule is Cc1nc(Nc2ncc(C(=O)Nc3c(C)cccc3Cl)s2)cc(N2CCN(CCCOCCOCCOCCOCCOCCNc3cccc4c3C(=O)N(C3CCC(=O)NC3=O)C4=O)CC2)n1. The third-order valence-corrected chi connectivity index (χ3v) is 12.5. The number of aromatic nitrogens is 3. The summed E-state index contributed by atoms with van der Waals surface area (Å²) in [5, 5.41) is 12.5. The number of halogens is 1. The molecule has 1 atom stereocenters. The van der Waals surface area contributed by atoms with E-state index in [1.807, 2.05) is 32.0 Å². The summed E-state index contributed by atoms with van der Waals surface area (Å²) in [6.07, 6.45) is 2.62. The number of hydrogen-bond acceptors (Lipinski definition) is 18. The minimum absolute atomic E-state index is 0.0619. The molecule has 0 aliphatic carbocycles. The Bertz CT molecular complexity index is 2380. The monoisotopic (exact) mass is 976 g/mol. The molecule has 4 N–H and O–H groups in total. The van der Waals surface area contributed by atoms with Gasteiger partial charge in [0.25, 0.3) is 17.7 Å². The van der Waals surface area contributed by atoms with Crippen LogP contribution in [0.2, 0.25) is 5.02 Å². The number of thiazole rings is 1. The Balaban J connectivity index is 0.659. The minimum atomic E-state index is -1.02. The number of aryl methyl sites for hydroxylation is 2. The lowest BCUT2D eigenvalue weighted by atomic mass is 10.0. The summed E-state index contributed by atoms with van der Waals surface area (Å²) in [7, 11) is 0. The number of piperazine rings is 1. The quantitative estimate of drug-likeness (QED) is 0.0508. The highest BCUT2D eigenvalue weighted by atomic mass is 35.5. The molecule has 0 bridgehead atoms. The van der Waals surface area contributed by atoms with Crippen LogP contribution >= 0.6 is 22.9 Å². The van der Waals surface area contributed by atoms with Crippen LogP contribution in [0.15, 0.2) is 48.7 Å². The maximum atomic E-state index is 13.2. The first-order valence-electron chi connectivity index (χ1n) is 22.6. The van der Waals surface area contributed by atoms with Gasteiger partial charge in [-0.2, -0.15) is 0 Å². The number of imide groups is 2. The standard InChI is InChI=1S/C46H57ClN10O10S/c1-30-6-3-8-33(47)41(30)54-43(60)36-29-49-46(68-36)52-37-28-38(51-31(2)50-37)56-16-14-55(15-17-56)13-5-18-63-20-22-65-24-26-67-27-25-66-23-21-64-19-12-48-34-9-4-7-32-40(34)45(62)57(44(32)61)35-10-11-39(58)53-42(35)59/h3-4,6-9,28-29,35,48H,5,10-27H2,1-2H3,(H,54,60)(H,53,58,59)(H,49,50,51,52). The minimum Gasteiger partial charge on any atom is -0.382 e. The Labute approximate surface area is 403 Å². The lowest BCUT2D eigenvalue weighted by Crippen LogP contribution is -2.54. The number of nitrogens with one attached hydrogen (secondary N) is 4. The summed E-state index contributed by atoms with van der Waals surface area (Å²) in [6, 6.07) is 11.3. The van der Waals surface area contributed by atoms with Gasteiger partial charge >= 0.3 is 0 Å². The smallest absolute Gasteiger partial charge is 0.267 e. The molecular weight excluding hydrogens is 920 g/mol. The molecule has 2 fully saturated rings. The summed E-state index contributed by atoms with van der Waals surface area (Å²) >= 11 is 7.52. The molecule has 0 radical (unpaired) electrons. The molecule has 2 aromatic heterocycles. The van der Waals surface area contributed by atoms with Crippen molar-refractivity contribution in [1.82, 2.24) is 30.1 Å². The molecule has 20 nitrogen and oxygen atoms in total. The number of piperidine rings is 1. The van der Waals surface area contributed by atoms with Crippen LogP contribution in [-0.4, -0.2) is 166 Å². The van der Waals surface area contributed by atoms with Crippen LogP contribution in [0.3, 0.4) is 0 Å². The van der Waals surface area contributed by atoms with E-state index in [1.54, 1.807) is 24.3 Å². The second-order valence-electron chi connectivity index (χ2n) is 16.0. The van der Waals surface area contributed by atoms with E-state index in [0.717, 1.165) is 55.4 Å². The normalized spacial score (nSPS) is 16.3. The number of carbonyl (C=O) groups excluding carboxylic acids is 5. The Morgan fingerprint density at radius 3 is 2.21 bits per heavy atom. The molecule has 2 saturated heterocycles. The first kappa shape index (κ1) is 50.2. The Morgan fingerprint density at radius 2 is 1.51 bits per heavy atom. The maximum Gasteiger partial charge on any atom is 0.267 e. The van der Waals surface area contributed by atoms with Gasteiger partial charge in [0.15, 0.2) is 5.13 Å². The summed E-state index contributed by atoms with van der Waals surface area (Å²) in [5.74, 6) is -0.366. The number of fused-ring (bicyclic) bond motifs is 1. The average molecular weight is 978 g/mol. The average Bonchev–Trinajstić information content (AvgIpc) is 3.89. The fraction of sp³-hybridized carbons (Fsp3) is 0.478. The Kier molecular flexibility index (Phi) is 18.5. The van der Waals surface area contributed by atoms with E-state index in [9.17, 15) is 24.0 Å². The van der Waals surface area contributed by atoms with Gasteiger partial charge in [0, 0.05) is 64.0 Å². The first-order chi connectivity index (χ1) is 33.0. The molecule has 68 heavy (non-hydrogen) atoms. The van der Waals surface area contributed by atoms with E-state index >= 15 is 0 Å². The van der Waals surface area contributed by atoms with E-state index in [2.05, 4.69) is 46.0 Å². The van der Waals surface area contributed by atoms with Crippen molar-refractivity contribution in [2.24, 2.45) is 0 Å². The largest absolute Gasteiger partial charge is 0.382 e. The van der Waals surface area contributed by atoms with E-state index in [1.165, 1.54) is 17.5 Å². The molecule has 5 amide bonds. The Morgan fingerprint density at radius 1 is 0.838 bits per heavy atom. The fourth-order valence-corrected chi connectivity index (χ4v) is 8.77. The van der Waals surface area contributed by atoms with Crippen LogP contribution in [0.25, 0.3) is 0 Å². The van der Waals surface area contributed by atoms with Gasteiger partial charge in [-0.05, 0) is 50.5 Å². The van der Waals surface area contributed by atoms with Crippen LogP contribution in [0.1, 0.15) is 61.0 Å². The number of carbonyl (C=O) groups is 5. The molecule has 3 aliphatic rings. The van der Waals surface area contributed by atoms with Gasteiger partial charge in [-0.15, -0.1) is 0 Å². The second-order valence-corrected chi connectivity index (χ2v) is 17.5. The van der Waals surface area contributed by atoms with E-state index in [4.69, 9.17) is 35.3 Å². The summed E-state index contributed by atoms with van der Waals surface area (Å²) in [5.41, 5.74) is 2.36. The second kappa shape index (κ2) is 25.1. The molecule has 0 spiro atoms. The van der Waals surface area contributed by atoms with Gasteiger partial charge in [0.1, 0.15) is 28.4 Å². The number of benzene rings is 2. The van der Waals surface area contributed by atoms with Gasteiger partial charge in [-0.1, -0.05) is 41.1 Å². The predicted octanol–water partition coefficient (Wildman–Crippen LogP) is 4.31. The molecule has 364 valence electrons. The molecule has 22 heteroatoms. The highest BCUT2D eigenvalue weighted by Gasteiger charge is 2.45. The molecule has 7 rings (SSSR count). The van der Waals surface area contributed by atoms with Crippen molar-refractivity contribution in [3.8, 4) is 0 Å². The molecule has 3 aliphatic heterocycles. The molecule has 0 saturated carbocycles. The molecule has 1 unspecified atom stereocenters. The van der Waals surface area contributed by atoms with E-state index < -0.39 is 29.7 Å². The van der Waals surface area contributed by atoms with Gasteiger partial charge in [0.05, 0.1) is 87.5 Å². The van der Waals surface area contributed by atoms with Crippen LogP contribution < -0.4 is 26.2 Å². The van der Waals surface area contributed by atoms with Gasteiger partial charge < -0.3 is 44.5 Å². The van der Waals surface area contributed by atoms with Crippen molar-refractivity contribution >= 4 is 80.6 Å². The number of hydrogen-bond donors (Lipinski definition) is 4. The molecule has 4 aromatic rings. The number of ether oxygens (including phenoxy) is 5. The van der Waals surface area contributed by atoms with Crippen molar-refractivity contribution in [1.29, 1.82) is 0 Å². The predicted molar refractivity (Wildman–Crippen MR) is 255 cm³/mol. The number of para-hydroxylation sites is 1. The fourth-order valence-electron chi connectivity index (χ4n) is 7.78. The zero-order valence-electron chi connectivity index (χ0n) is 38.2. The van der Waals surface area contributed by atoms with Crippen LogP contribution in [0, 0.1) is 13.8 Å². The van der Waals surface area contributed by atoms with Crippen LogP contribution in [0.5, 0.6) is 0 Å². The van der Waals surface area contributed by atoms with Crippen LogP contribution in [0.4, 0.5) is 28.1 Å². The van der Waals surface area contributed by atoms with Gasteiger partial charge in [-0.25, -0.2) is 15.0 Å². The number of rotatable bonds is 26. The topological polar surface area (TPSA) is 228 Å². The molecular formula is C46H57ClN10O10S. The summed E-state index contributed by atoms with van der Waals surface area (Å²) in [4.78, 5) is 82.8. The Hall–Kier alpha value is -5.65. The van der Waals surface area contributed by atoms with E-state index in [-0.39, 0.29) is 29.9 Å². The van der Waals surface area contributed by atoms with Crippen LogP contribution in [-0.2, 0) is 33.3 Å². The molecule has 2 aromatic carbocycles. The summed E-state index contributed by atoms with van der Waals surface area (Å²) in [6.45, 7) is 13.1. The molecule has 5 heterocycles. The lowest BCUT2D eigenvalue weighted by molar-refractivity contribution is -0.136. The zero-order chi connectivity index (χ0) is 47.8. The van der Waals surface area contributed by atoms with Gasteiger partial charge in [0.2, 0.25) is 11.8 Å². The maximum absolute atomic E-state index is 13.2. The number of nitrogens with zero attached hydrogens (tertiary/aromatic N) is 6. The van der Waals surface area contributed by atoms with Crippen molar-refractivity contribution < 1.29 is 47.7 Å². The number of anilines is 5. The highest BCUT2D eigenvalue weighted by Crippen LogP contribution is 2.33. The number of amides is 5. The summed E-state index contributed by atoms with van der Waals surface area (Å²) < 4.78 is 28.2. The first-order valence-corrected chi connectivity index (χ1v) is 23.8. The third kappa shape index (κ3) is 13.7. The van der Waals surface area contributed by atoms with Crippen molar-refractivity contribution in [2.75, 3.05) is 126 Å².